The van der Waals surface area contributed by atoms with Gasteiger partial charge in [0.2, 0.25) is 5.95 Å². The van der Waals surface area contributed by atoms with Crippen LogP contribution in [0.4, 0.5) is 4.39 Å². The average Bonchev–Trinajstić information content (AvgIpc) is 2.89. The Bertz CT molecular complexity index is 604. The molecule has 0 spiro atoms. The van der Waals surface area contributed by atoms with Gasteiger partial charge in [-0.05, 0) is 11.5 Å². The number of pyridine rings is 1. The number of hydrogen-bond donors (Lipinski definition) is 1. The molecule has 0 fully saturated rings. The van der Waals surface area contributed by atoms with E-state index in [2.05, 4.69) is 15.3 Å². The molecule has 0 bridgehead atoms. The Balaban J connectivity index is 2.13. The highest BCUT2D eigenvalue weighted by Crippen LogP contribution is 2.21. The van der Waals surface area contributed by atoms with Gasteiger partial charge in [0.05, 0.1) is 12.4 Å². The molecule has 2 rings (SSSR count). The zero-order valence-electron chi connectivity index (χ0n) is 12.4. The molecular weight excluding hydrogens is 271 g/mol. The van der Waals surface area contributed by atoms with Crippen LogP contribution in [0.1, 0.15) is 31.1 Å². The molecule has 0 saturated heterocycles. The minimum atomic E-state index is -0.662. The van der Waals surface area contributed by atoms with Gasteiger partial charge in [-0.1, -0.05) is 20.8 Å². The van der Waals surface area contributed by atoms with E-state index in [0.717, 1.165) is 6.07 Å². The SMILES string of the molecule is CC(C)(C)C(Cn1ccnc1)NC(=O)c1ccnc(F)c1. The predicted octanol–water partition coefficient (Wildman–Crippen LogP) is 2.26. The number of carbonyl (C=O) groups excluding carboxylic acids is 1. The molecule has 2 aromatic heterocycles. The second-order valence-electron chi connectivity index (χ2n) is 6.02. The molecule has 0 radical (unpaired) electrons. The van der Waals surface area contributed by atoms with E-state index in [1.165, 1.54) is 12.3 Å². The summed E-state index contributed by atoms with van der Waals surface area (Å²) < 4.78 is 15.0. The third-order valence-electron chi connectivity index (χ3n) is 3.29. The molecule has 0 aliphatic carbocycles. The lowest BCUT2D eigenvalue weighted by atomic mass is 9.86. The van der Waals surface area contributed by atoms with Crippen LogP contribution in [0, 0.1) is 11.4 Å². The minimum Gasteiger partial charge on any atom is -0.347 e. The fraction of sp³-hybridized carbons (Fsp3) is 0.400. The Labute approximate surface area is 123 Å². The van der Waals surface area contributed by atoms with Crippen molar-refractivity contribution < 1.29 is 9.18 Å². The first kappa shape index (κ1) is 15.2. The van der Waals surface area contributed by atoms with Crippen LogP contribution >= 0.6 is 0 Å². The fourth-order valence-electron chi connectivity index (χ4n) is 1.93. The van der Waals surface area contributed by atoms with Gasteiger partial charge in [-0.25, -0.2) is 9.97 Å². The molecule has 0 saturated carbocycles. The fourth-order valence-corrected chi connectivity index (χ4v) is 1.93. The van der Waals surface area contributed by atoms with Gasteiger partial charge in [-0.2, -0.15) is 4.39 Å². The summed E-state index contributed by atoms with van der Waals surface area (Å²) in [7, 11) is 0. The largest absolute Gasteiger partial charge is 0.347 e. The smallest absolute Gasteiger partial charge is 0.251 e. The number of halogens is 1. The molecule has 0 aliphatic heterocycles. The first-order valence-corrected chi connectivity index (χ1v) is 6.74. The number of aromatic nitrogens is 3. The van der Waals surface area contributed by atoms with E-state index < -0.39 is 5.95 Å². The highest BCUT2D eigenvalue weighted by atomic mass is 19.1. The van der Waals surface area contributed by atoms with Gasteiger partial charge in [-0.15, -0.1) is 0 Å². The van der Waals surface area contributed by atoms with Gasteiger partial charge < -0.3 is 9.88 Å². The topological polar surface area (TPSA) is 59.8 Å². The van der Waals surface area contributed by atoms with Crippen molar-refractivity contribution in [2.75, 3.05) is 0 Å². The van der Waals surface area contributed by atoms with Crippen LogP contribution in [-0.2, 0) is 6.54 Å². The van der Waals surface area contributed by atoms with Crippen LogP contribution < -0.4 is 5.32 Å². The van der Waals surface area contributed by atoms with Gasteiger partial charge in [0.25, 0.3) is 5.91 Å². The molecule has 2 heterocycles. The van der Waals surface area contributed by atoms with Crippen molar-refractivity contribution in [1.29, 1.82) is 0 Å². The van der Waals surface area contributed by atoms with Gasteiger partial charge in [-0.3, -0.25) is 4.79 Å². The first-order chi connectivity index (χ1) is 9.86. The summed E-state index contributed by atoms with van der Waals surface area (Å²) in [5, 5.41) is 2.96. The summed E-state index contributed by atoms with van der Waals surface area (Å²) in [5.74, 6) is -0.971. The summed E-state index contributed by atoms with van der Waals surface area (Å²) in [5.41, 5.74) is 0.119. The summed E-state index contributed by atoms with van der Waals surface area (Å²) in [6, 6.07) is 2.51. The molecule has 6 heteroatoms. The number of carbonyl (C=O) groups is 1. The third-order valence-corrected chi connectivity index (χ3v) is 3.29. The maximum Gasteiger partial charge on any atom is 0.251 e. The quantitative estimate of drug-likeness (QED) is 0.879. The van der Waals surface area contributed by atoms with E-state index in [1.807, 2.05) is 31.5 Å². The lowest BCUT2D eigenvalue weighted by Gasteiger charge is -2.31. The third kappa shape index (κ3) is 4.11. The molecule has 5 nitrogen and oxygen atoms in total. The van der Waals surface area contributed by atoms with E-state index >= 15 is 0 Å². The highest BCUT2D eigenvalue weighted by molar-refractivity contribution is 5.94. The number of nitrogens with zero attached hydrogens (tertiary/aromatic N) is 3. The monoisotopic (exact) mass is 290 g/mol. The second kappa shape index (κ2) is 6.03. The van der Waals surface area contributed by atoms with Crippen molar-refractivity contribution in [3.05, 3.63) is 48.6 Å². The summed E-state index contributed by atoms with van der Waals surface area (Å²) in [4.78, 5) is 19.7. The van der Waals surface area contributed by atoms with Crippen molar-refractivity contribution >= 4 is 5.91 Å². The van der Waals surface area contributed by atoms with Crippen LogP contribution in [0.2, 0.25) is 0 Å². The van der Waals surface area contributed by atoms with E-state index in [-0.39, 0.29) is 22.9 Å². The number of rotatable bonds is 4. The summed E-state index contributed by atoms with van der Waals surface area (Å²) >= 11 is 0. The highest BCUT2D eigenvalue weighted by Gasteiger charge is 2.27. The Morgan fingerprint density at radius 3 is 2.76 bits per heavy atom. The molecule has 0 aliphatic rings. The number of imidazole rings is 1. The molecule has 1 atom stereocenters. The van der Waals surface area contributed by atoms with Crippen molar-refractivity contribution in [2.45, 2.75) is 33.4 Å². The van der Waals surface area contributed by atoms with Crippen molar-refractivity contribution in [1.82, 2.24) is 19.9 Å². The van der Waals surface area contributed by atoms with Crippen molar-refractivity contribution in [3.63, 3.8) is 0 Å². The van der Waals surface area contributed by atoms with Crippen LogP contribution in [0.3, 0.4) is 0 Å². The maximum atomic E-state index is 13.1. The first-order valence-electron chi connectivity index (χ1n) is 6.74. The van der Waals surface area contributed by atoms with Crippen LogP contribution in [-0.4, -0.2) is 26.5 Å². The second-order valence-corrected chi connectivity index (χ2v) is 6.02. The Morgan fingerprint density at radius 1 is 1.43 bits per heavy atom. The van der Waals surface area contributed by atoms with Crippen LogP contribution in [0.25, 0.3) is 0 Å². The zero-order chi connectivity index (χ0) is 15.5. The Hall–Kier alpha value is -2.24. The molecular formula is C15H19FN4O. The molecule has 1 unspecified atom stereocenters. The van der Waals surface area contributed by atoms with E-state index in [9.17, 15) is 9.18 Å². The van der Waals surface area contributed by atoms with Crippen LogP contribution in [0.15, 0.2) is 37.1 Å². The molecule has 1 N–H and O–H groups in total. The van der Waals surface area contributed by atoms with Gasteiger partial charge in [0.1, 0.15) is 0 Å². The van der Waals surface area contributed by atoms with Crippen LogP contribution in [0.5, 0.6) is 0 Å². The molecule has 21 heavy (non-hydrogen) atoms. The standard InChI is InChI=1S/C15H19FN4O/c1-15(2,3)12(9-20-7-6-17-10-20)19-14(21)11-4-5-18-13(16)8-11/h4-8,10,12H,9H2,1-3H3,(H,19,21). The summed E-state index contributed by atoms with van der Waals surface area (Å²) in [6.45, 7) is 6.73. The molecule has 2 aromatic rings. The van der Waals surface area contributed by atoms with Gasteiger partial charge >= 0.3 is 0 Å². The lowest BCUT2D eigenvalue weighted by molar-refractivity contribution is 0.0892. The van der Waals surface area contributed by atoms with Gasteiger partial charge in [0, 0.05) is 36.8 Å². The maximum absolute atomic E-state index is 13.1. The van der Waals surface area contributed by atoms with Crippen molar-refractivity contribution in [2.24, 2.45) is 5.41 Å². The molecule has 1 amide bonds. The number of hydrogen-bond acceptors (Lipinski definition) is 3. The number of amides is 1. The zero-order valence-corrected chi connectivity index (χ0v) is 12.4. The average molecular weight is 290 g/mol. The van der Waals surface area contributed by atoms with E-state index in [1.54, 1.807) is 12.5 Å². The van der Waals surface area contributed by atoms with Gasteiger partial charge in [0.15, 0.2) is 0 Å². The summed E-state index contributed by atoms with van der Waals surface area (Å²) in [6.07, 6.45) is 6.53. The number of nitrogens with one attached hydrogen (secondary N) is 1. The molecule has 0 aromatic carbocycles. The minimum absolute atomic E-state index is 0.115. The van der Waals surface area contributed by atoms with Crippen molar-refractivity contribution in [3.8, 4) is 0 Å². The molecule has 112 valence electrons. The van der Waals surface area contributed by atoms with E-state index in [4.69, 9.17) is 0 Å². The van der Waals surface area contributed by atoms with E-state index in [0.29, 0.717) is 6.54 Å². The normalized spacial score (nSPS) is 13.0. The Morgan fingerprint density at radius 2 is 2.19 bits per heavy atom. The Kier molecular flexibility index (Phi) is 4.35. The predicted molar refractivity (Wildman–Crippen MR) is 77.1 cm³/mol. The lowest BCUT2D eigenvalue weighted by Crippen LogP contribution is -2.46.